The molecule has 1 N–H and O–H groups in total. The number of sulfonamides is 1. The molecule has 4 rings (SSSR count). The minimum atomic E-state index is -4.76. The maximum absolute atomic E-state index is 13.0. The highest BCUT2D eigenvalue weighted by Crippen LogP contribution is 2.45. The second-order valence-electron chi connectivity index (χ2n) is 10.8. The van der Waals surface area contributed by atoms with Crippen molar-refractivity contribution in [2.75, 3.05) is 0 Å². The first-order valence-electron chi connectivity index (χ1n) is 12.1. The number of alkyl halides is 3. The normalized spacial score (nSPS) is 16.0. The molecule has 1 atom stereocenters. The van der Waals surface area contributed by atoms with Gasteiger partial charge in [0.15, 0.2) is 0 Å². The van der Waals surface area contributed by atoms with E-state index in [0.29, 0.717) is 46.8 Å². The molecule has 0 bridgehead atoms. The van der Waals surface area contributed by atoms with Crippen molar-refractivity contribution in [2.24, 2.45) is 11.3 Å². The fraction of sp³-hybridized carbons (Fsp3) is 0.520. The number of hydrogen-bond acceptors (Lipinski definition) is 6. The fourth-order valence-electron chi connectivity index (χ4n) is 4.08. The molecule has 1 saturated carbocycles. The van der Waals surface area contributed by atoms with Crippen LogP contribution < -0.4 is 4.72 Å². The summed E-state index contributed by atoms with van der Waals surface area (Å²) < 4.78 is 71.4. The minimum Gasteiger partial charge on any atom is -0.361 e. The minimum absolute atomic E-state index is 0.0132. The zero-order chi connectivity index (χ0) is 28.0. The molecule has 0 spiro atoms. The van der Waals surface area contributed by atoms with Crippen LogP contribution in [-0.2, 0) is 22.9 Å². The van der Waals surface area contributed by atoms with E-state index in [1.807, 2.05) is 6.07 Å². The molecule has 1 aliphatic carbocycles. The highest BCUT2D eigenvalue weighted by atomic mass is 35.5. The van der Waals surface area contributed by atoms with Crippen molar-refractivity contribution in [3.63, 3.8) is 0 Å². The summed E-state index contributed by atoms with van der Waals surface area (Å²) in [4.78, 5) is 5.01. The molecule has 13 heteroatoms. The monoisotopic (exact) mass is 609 g/mol. The number of thiazole rings is 1. The van der Waals surface area contributed by atoms with Crippen molar-refractivity contribution in [1.29, 1.82) is 0 Å². The molecule has 0 saturated heterocycles. The van der Waals surface area contributed by atoms with Gasteiger partial charge in [-0.1, -0.05) is 74.5 Å². The van der Waals surface area contributed by atoms with Crippen molar-refractivity contribution >= 4 is 44.6 Å². The number of nitrogens with zero attached hydrogens (tertiary/aromatic N) is 2. The molecule has 0 amide bonds. The third-order valence-electron chi connectivity index (χ3n) is 6.29. The Bertz CT molecular complexity index is 1430. The van der Waals surface area contributed by atoms with Crippen molar-refractivity contribution in [2.45, 2.75) is 76.9 Å². The molecular weight excluding hydrogens is 582 g/mol. The number of nitrogens with one attached hydrogen (secondary N) is 1. The first-order valence-corrected chi connectivity index (χ1v) is 15.1. The second kappa shape index (κ2) is 10.7. The Balaban J connectivity index is 1.72. The average molecular weight is 611 g/mol. The molecule has 6 nitrogen and oxygen atoms in total. The first kappa shape index (κ1) is 29.3. The summed E-state index contributed by atoms with van der Waals surface area (Å²) >= 11 is 14.2. The molecule has 1 fully saturated rings. The quantitative estimate of drug-likeness (QED) is 0.280. The number of halogens is 5. The molecule has 2 heterocycles. The Morgan fingerprint density at radius 3 is 2.45 bits per heavy atom. The molecule has 0 radical (unpaired) electrons. The van der Waals surface area contributed by atoms with Gasteiger partial charge < -0.3 is 4.52 Å². The summed E-state index contributed by atoms with van der Waals surface area (Å²) in [5, 5.41) is 4.39. The molecule has 1 aromatic carbocycles. The molecule has 208 valence electrons. The van der Waals surface area contributed by atoms with E-state index in [9.17, 15) is 21.6 Å². The third-order valence-corrected chi connectivity index (χ3v) is 10.0. The molecule has 1 aliphatic rings. The van der Waals surface area contributed by atoms with Crippen LogP contribution in [0.25, 0.3) is 21.1 Å². The van der Waals surface area contributed by atoms with Crippen LogP contribution in [0.3, 0.4) is 0 Å². The summed E-state index contributed by atoms with van der Waals surface area (Å²) in [6, 6.07) is 2.18. The summed E-state index contributed by atoms with van der Waals surface area (Å²) in [5.41, 5.74) is 1.84. The van der Waals surface area contributed by atoms with E-state index in [2.05, 4.69) is 25.9 Å². The molecule has 38 heavy (non-hydrogen) atoms. The average Bonchev–Trinajstić information content (AvgIpc) is 3.37. The number of rotatable bonds is 8. The molecule has 0 unspecified atom stereocenters. The van der Waals surface area contributed by atoms with Crippen molar-refractivity contribution in [1.82, 2.24) is 14.9 Å². The van der Waals surface area contributed by atoms with E-state index in [1.54, 1.807) is 4.72 Å². The summed E-state index contributed by atoms with van der Waals surface area (Å²) in [5.74, 6) is 1.21. The number of hydrogen-bond donors (Lipinski definition) is 1. The van der Waals surface area contributed by atoms with Crippen LogP contribution in [0, 0.1) is 11.3 Å². The largest absolute Gasteiger partial charge is 0.404 e. The maximum atomic E-state index is 13.0. The van der Waals surface area contributed by atoms with Gasteiger partial charge in [0.05, 0.1) is 20.6 Å². The molecular formula is C25H28Cl2F3N3O3S2. The summed E-state index contributed by atoms with van der Waals surface area (Å²) in [6.07, 6.45) is -0.0320. The van der Waals surface area contributed by atoms with Gasteiger partial charge in [0.25, 0.3) is 0 Å². The van der Waals surface area contributed by atoms with Crippen LogP contribution in [0.15, 0.2) is 27.6 Å². The highest BCUT2D eigenvalue weighted by molar-refractivity contribution is 7.89. The Hall–Kier alpha value is -1.66. The summed E-state index contributed by atoms with van der Waals surface area (Å²) in [6.45, 7) is 7.01. The van der Waals surface area contributed by atoms with Crippen molar-refractivity contribution in [3.05, 3.63) is 39.7 Å². The SMILES string of the molecule is C[C@H](NS(=O)(=O)c1ccc(-c2sc(-c3cc(CC(C)(C)C)on3)nc2CC2CCC2)c(Cl)c1Cl)C(F)(F)F. The first-order chi connectivity index (χ1) is 17.5. The zero-order valence-corrected chi connectivity index (χ0v) is 24.4. The number of benzene rings is 1. The predicted molar refractivity (Wildman–Crippen MR) is 143 cm³/mol. The van der Waals surface area contributed by atoms with Gasteiger partial charge in [0.2, 0.25) is 10.0 Å². The van der Waals surface area contributed by atoms with Crippen LogP contribution in [-0.4, -0.2) is 30.8 Å². The zero-order valence-electron chi connectivity index (χ0n) is 21.2. The highest BCUT2D eigenvalue weighted by Gasteiger charge is 2.39. The van der Waals surface area contributed by atoms with Gasteiger partial charge in [-0.15, -0.1) is 11.3 Å². The van der Waals surface area contributed by atoms with Gasteiger partial charge in [-0.25, -0.2) is 13.4 Å². The van der Waals surface area contributed by atoms with E-state index in [0.717, 1.165) is 30.7 Å². The van der Waals surface area contributed by atoms with E-state index >= 15 is 0 Å². The van der Waals surface area contributed by atoms with Gasteiger partial charge in [-0.05, 0) is 30.7 Å². The van der Waals surface area contributed by atoms with Crippen LogP contribution >= 0.6 is 34.5 Å². The Morgan fingerprint density at radius 1 is 1.18 bits per heavy atom. The van der Waals surface area contributed by atoms with E-state index in [-0.39, 0.29) is 15.5 Å². The summed E-state index contributed by atoms with van der Waals surface area (Å²) in [7, 11) is -4.59. The molecule has 2 aromatic heterocycles. The smallest absolute Gasteiger partial charge is 0.361 e. The lowest BCUT2D eigenvalue weighted by Gasteiger charge is -2.24. The topological polar surface area (TPSA) is 85.1 Å². The standard InChI is InChI=1S/C25H28Cl2F3N3O3S2/c1-13(25(28,29)30)33-38(34,35)19-9-8-16(20(26)21(19)27)22-17(10-14-6-5-7-14)31-23(37-22)18-11-15(36-32-18)12-24(2,3)4/h8-9,11,13-14,33H,5-7,10,12H2,1-4H3/t13-/m0/s1. The lowest BCUT2D eigenvalue weighted by atomic mass is 9.82. The van der Waals surface area contributed by atoms with Gasteiger partial charge in [-0.2, -0.15) is 17.9 Å². The maximum Gasteiger partial charge on any atom is 0.404 e. The lowest BCUT2D eigenvalue weighted by molar-refractivity contribution is -0.147. The Morgan fingerprint density at radius 2 is 1.87 bits per heavy atom. The van der Waals surface area contributed by atoms with Gasteiger partial charge in [0, 0.05) is 18.1 Å². The predicted octanol–water partition coefficient (Wildman–Crippen LogP) is 7.93. The van der Waals surface area contributed by atoms with Crippen LogP contribution in [0.2, 0.25) is 10.0 Å². The van der Waals surface area contributed by atoms with Crippen LogP contribution in [0.4, 0.5) is 13.2 Å². The fourth-order valence-corrected chi connectivity index (χ4v) is 7.31. The van der Waals surface area contributed by atoms with Gasteiger partial charge in [-0.3, -0.25) is 0 Å². The second-order valence-corrected chi connectivity index (χ2v) is 14.3. The lowest BCUT2D eigenvalue weighted by Crippen LogP contribution is -2.43. The van der Waals surface area contributed by atoms with E-state index < -0.39 is 27.1 Å². The Labute approximate surface area is 234 Å². The number of aromatic nitrogens is 2. The molecule has 0 aliphatic heterocycles. The van der Waals surface area contributed by atoms with E-state index in [4.69, 9.17) is 32.7 Å². The van der Waals surface area contributed by atoms with Gasteiger partial charge >= 0.3 is 6.18 Å². The van der Waals surface area contributed by atoms with E-state index in [1.165, 1.54) is 23.5 Å². The molecule has 3 aromatic rings. The Kier molecular flexibility index (Phi) is 8.28. The van der Waals surface area contributed by atoms with Crippen molar-refractivity contribution < 1.29 is 26.1 Å². The third kappa shape index (κ3) is 6.55. The van der Waals surface area contributed by atoms with Crippen LogP contribution in [0.5, 0.6) is 0 Å². The van der Waals surface area contributed by atoms with Gasteiger partial charge in [0.1, 0.15) is 27.4 Å². The van der Waals surface area contributed by atoms with Crippen molar-refractivity contribution in [3.8, 4) is 21.1 Å². The van der Waals surface area contributed by atoms with Crippen LogP contribution in [0.1, 0.15) is 58.4 Å².